The van der Waals surface area contributed by atoms with Crippen LogP contribution in [-0.2, 0) is 0 Å². The van der Waals surface area contributed by atoms with Crippen molar-refractivity contribution >= 4 is 10.2 Å². The SMILES string of the molecule is CC1=C(C)C(C)C([N+](C)(C)C)=C1[SiH3]. The molecule has 0 aliphatic heterocycles. The van der Waals surface area contributed by atoms with E-state index >= 15 is 0 Å². The summed E-state index contributed by atoms with van der Waals surface area (Å²) in [7, 11) is 8.00. The van der Waals surface area contributed by atoms with Crippen LogP contribution in [0.1, 0.15) is 20.8 Å². The molecule has 0 heterocycles. The van der Waals surface area contributed by atoms with Gasteiger partial charge in [0.05, 0.1) is 27.1 Å². The third kappa shape index (κ3) is 1.65. The van der Waals surface area contributed by atoms with E-state index in [9.17, 15) is 0 Å². The van der Waals surface area contributed by atoms with Gasteiger partial charge < -0.3 is 4.48 Å². The predicted molar refractivity (Wildman–Crippen MR) is 62.5 cm³/mol. The number of hydrogen-bond acceptors (Lipinski definition) is 0. The molecule has 0 saturated heterocycles. The molecule has 13 heavy (non-hydrogen) atoms. The second kappa shape index (κ2) is 3.10. The monoisotopic (exact) mass is 196 g/mol. The third-order valence-electron chi connectivity index (χ3n) is 3.32. The van der Waals surface area contributed by atoms with Gasteiger partial charge in [-0.2, -0.15) is 0 Å². The Kier molecular flexibility index (Phi) is 2.56. The lowest BCUT2D eigenvalue weighted by atomic mass is 10.0. The molecule has 1 unspecified atom stereocenters. The van der Waals surface area contributed by atoms with Gasteiger partial charge in [-0.3, -0.25) is 0 Å². The van der Waals surface area contributed by atoms with Crippen LogP contribution in [0, 0.1) is 5.92 Å². The van der Waals surface area contributed by atoms with Crippen LogP contribution < -0.4 is 0 Å². The van der Waals surface area contributed by atoms with Crippen LogP contribution in [0.25, 0.3) is 0 Å². The van der Waals surface area contributed by atoms with Crippen LogP contribution in [0.15, 0.2) is 22.0 Å². The van der Waals surface area contributed by atoms with Crippen molar-refractivity contribution in [1.82, 2.24) is 0 Å². The quantitative estimate of drug-likeness (QED) is 0.437. The molecule has 0 fully saturated rings. The van der Waals surface area contributed by atoms with E-state index in [1.54, 1.807) is 22.0 Å². The van der Waals surface area contributed by atoms with Gasteiger partial charge in [-0.25, -0.2) is 0 Å². The van der Waals surface area contributed by atoms with Gasteiger partial charge in [0, 0.05) is 10.2 Å². The molecule has 74 valence electrons. The van der Waals surface area contributed by atoms with E-state index < -0.39 is 0 Å². The zero-order valence-corrected chi connectivity index (χ0v) is 12.0. The van der Waals surface area contributed by atoms with Crippen LogP contribution in [0.4, 0.5) is 0 Å². The number of nitrogens with zero attached hydrogens (tertiary/aromatic N) is 1. The zero-order chi connectivity index (χ0) is 10.4. The summed E-state index contributed by atoms with van der Waals surface area (Å²) in [5, 5.41) is 1.64. The Morgan fingerprint density at radius 1 is 1.15 bits per heavy atom. The van der Waals surface area contributed by atoms with Crippen molar-refractivity contribution in [3.63, 3.8) is 0 Å². The summed E-state index contributed by atoms with van der Waals surface area (Å²) < 4.78 is 0.995. The average molecular weight is 196 g/mol. The Morgan fingerprint density at radius 2 is 1.62 bits per heavy atom. The lowest BCUT2D eigenvalue weighted by Gasteiger charge is -2.29. The summed E-state index contributed by atoms with van der Waals surface area (Å²) in [6.07, 6.45) is 0. The standard InChI is InChI=1S/C11H22NSi/c1-7-8(2)10(12(4,5)6)11(13)9(7)3/h8H,1-6,13H3/q+1. The second-order valence-corrected chi connectivity index (χ2v) is 6.05. The molecular formula is C11H22NSi+. The summed E-state index contributed by atoms with van der Waals surface area (Å²) in [5.74, 6) is 0.660. The highest BCUT2D eigenvalue weighted by atomic mass is 28.1. The first kappa shape index (κ1) is 10.7. The zero-order valence-electron chi connectivity index (χ0n) is 10.0. The Hall–Kier alpha value is -0.343. The molecular weight excluding hydrogens is 174 g/mol. The highest BCUT2D eigenvalue weighted by Crippen LogP contribution is 2.38. The molecule has 2 heteroatoms. The molecule has 1 nitrogen and oxygen atoms in total. The van der Waals surface area contributed by atoms with Gasteiger partial charge in [-0.1, -0.05) is 5.57 Å². The highest BCUT2D eigenvalue weighted by Gasteiger charge is 2.32. The molecule has 0 amide bonds. The van der Waals surface area contributed by atoms with Crippen molar-refractivity contribution in [2.45, 2.75) is 20.8 Å². The van der Waals surface area contributed by atoms with Gasteiger partial charge in [0.1, 0.15) is 5.70 Å². The second-order valence-electron chi connectivity index (χ2n) is 5.05. The van der Waals surface area contributed by atoms with E-state index in [0.29, 0.717) is 5.92 Å². The predicted octanol–water partition coefficient (Wildman–Crippen LogP) is 1.26. The summed E-state index contributed by atoms with van der Waals surface area (Å²) >= 11 is 0. The molecule has 1 aliphatic rings. The number of rotatable bonds is 1. The lowest BCUT2D eigenvalue weighted by Crippen LogP contribution is -2.36. The van der Waals surface area contributed by atoms with Gasteiger partial charge in [0.15, 0.2) is 0 Å². The first-order valence-electron chi connectivity index (χ1n) is 4.97. The smallest absolute Gasteiger partial charge is 0.113 e. The van der Waals surface area contributed by atoms with E-state index in [-0.39, 0.29) is 0 Å². The van der Waals surface area contributed by atoms with Gasteiger partial charge in [0.25, 0.3) is 0 Å². The Morgan fingerprint density at radius 3 is 1.77 bits per heavy atom. The molecule has 0 spiro atoms. The van der Waals surface area contributed by atoms with Crippen molar-refractivity contribution in [3.05, 3.63) is 22.0 Å². The summed E-state index contributed by atoms with van der Waals surface area (Å²) in [6.45, 7) is 6.89. The Bertz CT molecular complexity index is 292. The molecule has 0 aromatic heterocycles. The number of hydrogen-bond donors (Lipinski definition) is 0. The maximum absolute atomic E-state index is 2.34. The number of quaternary nitrogens is 1. The van der Waals surface area contributed by atoms with Crippen molar-refractivity contribution in [3.8, 4) is 0 Å². The minimum absolute atomic E-state index is 0.660. The summed E-state index contributed by atoms with van der Waals surface area (Å²) in [4.78, 5) is 0. The molecule has 0 N–H and O–H groups in total. The van der Waals surface area contributed by atoms with E-state index in [4.69, 9.17) is 0 Å². The van der Waals surface area contributed by atoms with Crippen molar-refractivity contribution in [2.75, 3.05) is 21.1 Å². The maximum Gasteiger partial charge on any atom is 0.113 e. The van der Waals surface area contributed by atoms with Crippen LogP contribution in [0.3, 0.4) is 0 Å². The van der Waals surface area contributed by atoms with Crippen LogP contribution >= 0.6 is 0 Å². The lowest BCUT2D eigenvalue weighted by molar-refractivity contribution is -0.834. The van der Waals surface area contributed by atoms with E-state index in [2.05, 4.69) is 41.9 Å². The molecule has 0 saturated carbocycles. The fourth-order valence-electron chi connectivity index (χ4n) is 2.43. The van der Waals surface area contributed by atoms with Crippen LogP contribution in [0.5, 0.6) is 0 Å². The largest absolute Gasteiger partial charge is 0.302 e. The van der Waals surface area contributed by atoms with Crippen molar-refractivity contribution in [2.24, 2.45) is 5.92 Å². The highest BCUT2D eigenvalue weighted by molar-refractivity contribution is 6.25. The first-order valence-corrected chi connectivity index (χ1v) is 5.97. The van der Waals surface area contributed by atoms with Crippen LogP contribution in [0.2, 0.25) is 0 Å². The third-order valence-corrected chi connectivity index (χ3v) is 4.58. The Labute approximate surface area is 85.1 Å². The van der Waals surface area contributed by atoms with Crippen molar-refractivity contribution in [1.29, 1.82) is 0 Å². The normalized spacial score (nSPS) is 24.9. The summed E-state index contributed by atoms with van der Waals surface area (Å²) in [5.41, 5.74) is 4.76. The van der Waals surface area contributed by atoms with Gasteiger partial charge >= 0.3 is 0 Å². The maximum atomic E-state index is 2.34. The van der Waals surface area contributed by atoms with Gasteiger partial charge in [0.2, 0.25) is 0 Å². The fraction of sp³-hybridized carbons (Fsp3) is 0.636. The van der Waals surface area contributed by atoms with Crippen molar-refractivity contribution < 1.29 is 4.48 Å². The molecule has 1 rings (SSSR count). The molecule has 0 aromatic rings. The first-order chi connectivity index (χ1) is 5.76. The molecule has 0 radical (unpaired) electrons. The number of allylic oxidation sites excluding steroid dienone is 3. The van der Waals surface area contributed by atoms with Gasteiger partial charge in [-0.15, -0.1) is 0 Å². The Balaban J connectivity index is 3.19. The van der Waals surface area contributed by atoms with E-state index in [1.807, 2.05) is 0 Å². The van der Waals surface area contributed by atoms with Crippen LogP contribution in [-0.4, -0.2) is 35.9 Å². The summed E-state index contributed by atoms with van der Waals surface area (Å²) in [6, 6.07) is 0. The van der Waals surface area contributed by atoms with E-state index in [0.717, 1.165) is 4.48 Å². The van der Waals surface area contributed by atoms with E-state index in [1.165, 1.54) is 10.2 Å². The van der Waals surface area contributed by atoms with Gasteiger partial charge in [-0.05, 0) is 31.5 Å². The molecule has 0 bridgehead atoms. The fourth-order valence-corrected chi connectivity index (χ4v) is 3.92. The minimum atomic E-state index is 0.660. The molecule has 0 aromatic carbocycles. The minimum Gasteiger partial charge on any atom is -0.302 e. The topological polar surface area (TPSA) is 0 Å². The molecule has 1 atom stereocenters. The molecule has 1 aliphatic carbocycles. The average Bonchev–Trinajstić information content (AvgIpc) is 2.14.